The number of methoxy groups -OCH3 is 1. The van der Waals surface area contributed by atoms with Crippen molar-refractivity contribution in [2.75, 3.05) is 7.11 Å². The highest BCUT2D eigenvalue weighted by atomic mass is 79.9. The number of esters is 1. The molecule has 0 amide bonds. The summed E-state index contributed by atoms with van der Waals surface area (Å²) in [5, 5.41) is 0. The molecule has 114 valence electrons. The summed E-state index contributed by atoms with van der Waals surface area (Å²) in [6.07, 6.45) is 0. The van der Waals surface area contributed by atoms with Gasteiger partial charge in [-0.25, -0.2) is 4.79 Å². The second-order valence-corrected chi connectivity index (χ2v) is 5.50. The first kappa shape index (κ1) is 16.2. The maximum Gasteiger partial charge on any atom is 0.341 e. The minimum atomic E-state index is -0.543. The molecule has 0 N–H and O–H groups in total. The van der Waals surface area contributed by atoms with Gasteiger partial charge in [0.2, 0.25) is 0 Å². The first-order valence-corrected chi connectivity index (χ1v) is 7.41. The van der Waals surface area contributed by atoms with Gasteiger partial charge in [0.1, 0.15) is 17.9 Å². The van der Waals surface area contributed by atoms with E-state index in [-0.39, 0.29) is 11.3 Å². The van der Waals surface area contributed by atoms with Crippen LogP contribution in [0.3, 0.4) is 0 Å². The van der Waals surface area contributed by atoms with Crippen molar-refractivity contribution < 1.29 is 19.1 Å². The third-order valence-corrected chi connectivity index (χ3v) is 3.75. The van der Waals surface area contributed by atoms with E-state index in [4.69, 9.17) is 9.47 Å². The molecule has 0 aliphatic heterocycles. The van der Waals surface area contributed by atoms with Gasteiger partial charge in [0.25, 0.3) is 0 Å². The molecule has 0 atom stereocenters. The zero-order valence-electron chi connectivity index (χ0n) is 12.3. The number of carbonyl (C=O) groups excluding carboxylic acids is 2. The van der Waals surface area contributed by atoms with Gasteiger partial charge in [-0.2, -0.15) is 0 Å². The molecule has 0 aliphatic carbocycles. The molecular weight excluding hydrogens is 348 g/mol. The normalized spacial score (nSPS) is 10.1. The molecular formula is C17H15BrO4. The Labute approximate surface area is 137 Å². The summed E-state index contributed by atoms with van der Waals surface area (Å²) < 4.78 is 11.1. The Kier molecular flexibility index (Phi) is 5.33. The van der Waals surface area contributed by atoms with E-state index >= 15 is 0 Å². The van der Waals surface area contributed by atoms with Crippen LogP contribution in [0, 0.1) is 0 Å². The van der Waals surface area contributed by atoms with Crippen molar-refractivity contribution in [1.29, 1.82) is 0 Å². The second kappa shape index (κ2) is 7.22. The minimum absolute atomic E-state index is 0.147. The number of rotatable bonds is 5. The smallest absolute Gasteiger partial charge is 0.341 e. The fraction of sp³-hybridized carbons (Fsp3) is 0.176. The molecule has 0 heterocycles. The van der Waals surface area contributed by atoms with E-state index < -0.39 is 5.97 Å². The number of Topliss-reactive ketones (excluding diaryl/α,β-unsaturated/α-hetero) is 1. The van der Waals surface area contributed by atoms with Crippen LogP contribution in [0.25, 0.3) is 0 Å². The highest BCUT2D eigenvalue weighted by Gasteiger charge is 2.18. The summed E-state index contributed by atoms with van der Waals surface area (Å²) in [5.41, 5.74) is 1.62. The van der Waals surface area contributed by atoms with Crippen LogP contribution >= 0.6 is 15.9 Å². The molecule has 0 saturated heterocycles. The summed E-state index contributed by atoms with van der Waals surface area (Å²) in [6, 6.07) is 12.7. The van der Waals surface area contributed by atoms with Gasteiger partial charge in [-0.3, -0.25) is 4.79 Å². The van der Waals surface area contributed by atoms with Gasteiger partial charge in [0.05, 0.1) is 7.11 Å². The molecule has 0 spiro atoms. The molecule has 0 fully saturated rings. The van der Waals surface area contributed by atoms with Gasteiger partial charge >= 0.3 is 5.97 Å². The van der Waals surface area contributed by atoms with Crippen LogP contribution in [0.15, 0.2) is 46.9 Å². The van der Waals surface area contributed by atoms with Crippen LogP contribution in [-0.2, 0) is 11.3 Å². The van der Waals surface area contributed by atoms with Crippen molar-refractivity contribution in [3.63, 3.8) is 0 Å². The van der Waals surface area contributed by atoms with Gasteiger partial charge in [0.15, 0.2) is 5.78 Å². The molecule has 2 aromatic rings. The van der Waals surface area contributed by atoms with Gasteiger partial charge < -0.3 is 9.47 Å². The Morgan fingerprint density at radius 2 is 1.77 bits per heavy atom. The van der Waals surface area contributed by atoms with Crippen molar-refractivity contribution in [3.8, 4) is 5.75 Å². The average Bonchev–Trinajstić information content (AvgIpc) is 2.52. The minimum Gasteiger partial charge on any atom is -0.488 e. The fourth-order valence-corrected chi connectivity index (χ4v) is 2.55. The lowest BCUT2D eigenvalue weighted by Gasteiger charge is -2.13. The van der Waals surface area contributed by atoms with Crippen LogP contribution in [0.1, 0.15) is 33.2 Å². The Balaban J connectivity index is 2.34. The zero-order chi connectivity index (χ0) is 16.1. The Hall–Kier alpha value is -2.14. The van der Waals surface area contributed by atoms with Crippen molar-refractivity contribution in [2.45, 2.75) is 13.5 Å². The highest BCUT2D eigenvalue weighted by Crippen LogP contribution is 2.29. The zero-order valence-corrected chi connectivity index (χ0v) is 13.8. The van der Waals surface area contributed by atoms with Crippen LogP contribution in [0.4, 0.5) is 0 Å². The molecule has 0 aliphatic rings. The van der Waals surface area contributed by atoms with Crippen molar-refractivity contribution in [3.05, 3.63) is 63.6 Å². The molecule has 0 saturated carbocycles. The lowest BCUT2D eigenvalue weighted by atomic mass is 10.1. The lowest BCUT2D eigenvalue weighted by molar-refractivity contribution is 0.0595. The molecule has 0 bridgehead atoms. The third kappa shape index (κ3) is 3.74. The van der Waals surface area contributed by atoms with Crippen LogP contribution < -0.4 is 4.74 Å². The van der Waals surface area contributed by atoms with E-state index in [0.29, 0.717) is 22.4 Å². The molecule has 0 radical (unpaired) electrons. The number of halogens is 1. The number of ether oxygens (including phenoxy) is 2. The Bertz CT molecular complexity index is 695. The van der Waals surface area contributed by atoms with Gasteiger partial charge in [-0.1, -0.05) is 30.3 Å². The molecule has 22 heavy (non-hydrogen) atoms. The third-order valence-electron chi connectivity index (χ3n) is 3.09. The number of hydrogen-bond acceptors (Lipinski definition) is 4. The summed E-state index contributed by atoms with van der Waals surface area (Å²) in [4.78, 5) is 23.5. The summed E-state index contributed by atoms with van der Waals surface area (Å²) in [7, 11) is 1.29. The number of ketones is 1. The quantitative estimate of drug-likeness (QED) is 0.595. The van der Waals surface area contributed by atoms with Gasteiger partial charge in [0, 0.05) is 10.0 Å². The Morgan fingerprint density at radius 1 is 1.09 bits per heavy atom. The summed E-state index contributed by atoms with van der Waals surface area (Å²) in [5.74, 6) is -0.322. The molecule has 2 aromatic carbocycles. The van der Waals surface area contributed by atoms with Crippen molar-refractivity contribution in [2.24, 2.45) is 0 Å². The van der Waals surface area contributed by atoms with Crippen LogP contribution in [-0.4, -0.2) is 18.9 Å². The van der Waals surface area contributed by atoms with E-state index in [1.165, 1.54) is 20.1 Å². The predicted molar refractivity (Wildman–Crippen MR) is 86.3 cm³/mol. The summed E-state index contributed by atoms with van der Waals surface area (Å²) in [6.45, 7) is 1.75. The first-order valence-electron chi connectivity index (χ1n) is 6.62. The van der Waals surface area contributed by atoms with E-state index in [2.05, 4.69) is 15.9 Å². The topological polar surface area (TPSA) is 52.6 Å². The lowest BCUT2D eigenvalue weighted by Crippen LogP contribution is -2.08. The number of hydrogen-bond donors (Lipinski definition) is 0. The van der Waals surface area contributed by atoms with Crippen molar-refractivity contribution >= 4 is 27.7 Å². The molecule has 4 nitrogen and oxygen atoms in total. The van der Waals surface area contributed by atoms with Crippen LogP contribution in [0.2, 0.25) is 0 Å². The monoisotopic (exact) mass is 362 g/mol. The fourth-order valence-electron chi connectivity index (χ4n) is 1.95. The van der Waals surface area contributed by atoms with Gasteiger partial charge in [-0.05, 0) is 40.5 Å². The SMILES string of the molecule is COC(=O)c1cc(C(C)=O)c(Br)cc1OCc1ccccc1. The van der Waals surface area contributed by atoms with E-state index in [0.717, 1.165) is 5.56 Å². The van der Waals surface area contributed by atoms with E-state index in [1.54, 1.807) is 6.07 Å². The number of benzene rings is 2. The van der Waals surface area contributed by atoms with Gasteiger partial charge in [-0.15, -0.1) is 0 Å². The summed E-state index contributed by atoms with van der Waals surface area (Å²) >= 11 is 3.33. The molecule has 0 aromatic heterocycles. The number of carbonyl (C=O) groups is 2. The largest absolute Gasteiger partial charge is 0.488 e. The highest BCUT2D eigenvalue weighted by molar-refractivity contribution is 9.10. The van der Waals surface area contributed by atoms with E-state index in [9.17, 15) is 9.59 Å². The average molecular weight is 363 g/mol. The standard InChI is InChI=1S/C17H15BrO4/c1-11(19)13-8-14(17(20)21-2)16(9-15(13)18)22-10-12-6-4-3-5-7-12/h3-9H,10H2,1-2H3. The van der Waals surface area contributed by atoms with Crippen molar-refractivity contribution in [1.82, 2.24) is 0 Å². The molecule has 2 rings (SSSR count). The predicted octanol–water partition coefficient (Wildman–Crippen LogP) is 4.02. The molecule has 5 heteroatoms. The van der Waals surface area contributed by atoms with E-state index in [1.807, 2.05) is 30.3 Å². The maximum absolute atomic E-state index is 11.9. The Morgan fingerprint density at radius 3 is 2.36 bits per heavy atom. The molecule has 0 unspecified atom stereocenters. The first-order chi connectivity index (χ1) is 10.5. The maximum atomic E-state index is 11.9. The second-order valence-electron chi connectivity index (χ2n) is 4.65. The van der Waals surface area contributed by atoms with Crippen LogP contribution in [0.5, 0.6) is 5.75 Å².